The van der Waals surface area contributed by atoms with Gasteiger partial charge < -0.3 is 29.9 Å². The molecule has 0 saturated heterocycles. The van der Waals surface area contributed by atoms with Crippen molar-refractivity contribution >= 4 is 134 Å². The van der Waals surface area contributed by atoms with Crippen LogP contribution in [0.2, 0.25) is 58.9 Å². The average molecular weight is 2330 g/mol. The fraction of sp³-hybridized carbons (Fsp3) is 0.263. The van der Waals surface area contributed by atoms with Crippen molar-refractivity contribution in [1.29, 1.82) is 0 Å². The summed E-state index contributed by atoms with van der Waals surface area (Å²) in [5.41, 5.74) is 20.4. The second-order valence-electron chi connectivity index (χ2n) is 37.4. The van der Waals surface area contributed by atoms with Crippen LogP contribution in [0, 0.1) is 57.2 Å². The summed E-state index contributed by atoms with van der Waals surface area (Å²) in [5.74, 6) is 2.11. The van der Waals surface area contributed by atoms with Gasteiger partial charge in [-0.3, -0.25) is 0 Å². The third-order valence-electron chi connectivity index (χ3n) is 24.9. The van der Waals surface area contributed by atoms with Crippen LogP contribution in [-0.4, -0.2) is 54.1 Å². The third kappa shape index (κ3) is 24.3. The minimum atomic E-state index is -1.40. The zero-order chi connectivity index (χ0) is 87.3. The van der Waals surface area contributed by atoms with E-state index in [1.54, 1.807) is 5.19 Å². The van der Waals surface area contributed by atoms with Crippen molar-refractivity contribution in [2.24, 2.45) is 0 Å². The van der Waals surface area contributed by atoms with Crippen LogP contribution in [0.15, 0.2) is 274 Å². The summed E-state index contributed by atoms with van der Waals surface area (Å²) in [6, 6.07) is 103. The molecule has 9 aromatic heterocycles. The first-order chi connectivity index (χ1) is 61.1. The van der Waals surface area contributed by atoms with Crippen LogP contribution < -0.4 is 15.6 Å². The van der Waals surface area contributed by atoms with E-state index in [2.05, 4.69) is 274 Å². The van der Waals surface area contributed by atoms with E-state index in [1.165, 1.54) is 201 Å². The van der Waals surface area contributed by atoms with E-state index in [-0.39, 0.29) is 60.3 Å². The number of fused-ring (bicyclic) bond motifs is 9. The molecule has 15 heteroatoms. The topological polar surface area (TPSA) is 77.3 Å². The molecule has 9 aromatic carbocycles. The van der Waals surface area contributed by atoms with Crippen LogP contribution in [0.1, 0.15) is 147 Å². The molecular formula is C114H114Ir3N6S3Si3-6. The number of hydrogen-bond donors (Lipinski definition) is 0. The van der Waals surface area contributed by atoms with E-state index in [1.807, 2.05) is 164 Å². The molecule has 3 radical (unpaired) electrons. The second-order valence-corrected chi connectivity index (χ2v) is 55.7. The summed E-state index contributed by atoms with van der Waals surface area (Å²) in [6.07, 6.45) is 32.2. The Morgan fingerprint density at radius 1 is 0.264 bits per heavy atom. The second kappa shape index (κ2) is 45.0. The Morgan fingerprint density at radius 3 is 0.969 bits per heavy atom. The number of hydrogen-bond acceptors (Lipinski definition) is 9. The smallest absolute Gasteiger partial charge is 0.0794 e. The predicted octanol–water partition coefficient (Wildman–Crippen LogP) is 31.1. The maximum Gasteiger partial charge on any atom is 0.0794 e. The van der Waals surface area contributed by atoms with Crippen molar-refractivity contribution in [3.63, 3.8) is 0 Å². The Kier molecular flexibility index (Phi) is 34.1. The van der Waals surface area contributed by atoms with Gasteiger partial charge in [-0.15, -0.1) is 179 Å². The van der Waals surface area contributed by atoms with Crippen LogP contribution in [0.25, 0.3) is 128 Å². The number of rotatable bonds is 12. The van der Waals surface area contributed by atoms with Crippen LogP contribution >= 0.6 is 34.0 Å². The molecule has 3 fully saturated rings. The molecule has 18 aromatic rings. The van der Waals surface area contributed by atoms with E-state index in [0.29, 0.717) is 17.8 Å². The Hall–Kier alpha value is -8.86. The van der Waals surface area contributed by atoms with Gasteiger partial charge in [-0.25, -0.2) is 0 Å². The summed E-state index contributed by atoms with van der Waals surface area (Å²) in [4.78, 5) is 27.6. The van der Waals surface area contributed by atoms with Crippen molar-refractivity contribution in [3.05, 3.63) is 344 Å². The molecule has 129 heavy (non-hydrogen) atoms. The van der Waals surface area contributed by atoms with Gasteiger partial charge in [0, 0.05) is 112 Å². The maximum atomic E-state index is 4.90. The van der Waals surface area contributed by atoms with Gasteiger partial charge in [-0.2, -0.15) is 34.0 Å². The van der Waals surface area contributed by atoms with Gasteiger partial charge in [-0.1, -0.05) is 259 Å². The Morgan fingerprint density at radius 2 is 0.612 bits per heavy atom. The molecule has 0 spiro atoms. The standard InChI is InChI=1S/3C26H28NSSi.3C12H10N.3Ir/c1-29(2,3)24-14-8-12-21-20-11-7-13-22(25(20)28-26(21)24)23-16-15-19(17-27-23)18-9-5-4-6-10-18;1-29(2,3)20-13-14-21-22-10-7-11-23(26(22)28-25(21)16-20)24-15-12-19(17-27-24)18-8-5-4-6-9-18;1-29(2,3)20-13-15-25-23(16-20)21-10-7-11-22(26(21)28-25)24-14-12-19(17-27-24)18-8-5-4-6-9-18;3*1-10-7-8-12(13-9-10)11-5-3-2-4-6-11;;;/h7-8,11-12,14-18H,4-6,9-10H2,1-3H3;2*7,10,12-18H,4-6,8-9H2,1-3H3;3*2-5,7-9H,1H3;;;/q6*-1;;;. The molecule has 9 heterocycles. The van der Waals surface area contributed by atoms with Crippen LogP contribution in [0.5, 0.6) is 0 Å². The van der Waals surface area contributed by atoms with Crippen LogP contribution in [-0.2, 0) is 60.3 Å². The molecule has 0 unspecified atom stereocenters. The molecule has 6 nitrogen and oxygen atoms in total. The van der Waals surface area contributed by atoms with Crippen molar-refractivity contribution < 1.29 is 60.3 Å². The summed E-state index contributed by atoms with van der Waals surface area (Å²) >= 11 is 5.71. The third-order valence-corrected chi connectivity index (χ3v) is 34.9. The van der Waals surface area contributed by atoms with Crippen molar-refractivity contribution in [1.82, 2.24) is 29.9 Å². The van der Waals surface area contributed by atoms with Gasteiger partial charge in [0.25, 0.3) is 0 Å². The number of benzene rings is 9. The summed E-state index contributed by atoms with van der Waals surface area (Å²) in [7, 11) is -4.04. The molecule has 0 bridgehead atoms. The number of pyridine rings is 6. The van der Waals surface area contributed by atoms with Crippen LogP contribution in [0.4, 0.5) is 0 Å². The summed E-state index contributed by atoms with van der Waals surface area (Å²) < 4.78 is 8.16. The summed E-state index contributed by atoms with van der Waals surface area (Å²) in [5, 5.41) is 12.8. The quantitative estimate of drug-likeness (QED) is 0.0896. The zero-order valence-corrected chi connectivity index (χ0v) is 88.9. The van der Waals surface area contributed by atoms with Crippen molar-refractivity contribution in [2.45, 2.75) is 194 Å². The average Bonchev–Trinajstić information content (AvgIpc) is 1.69. The van der Waals surface area contributed by atoms with E-state index >= 15 is 0 Å². The van der Waals surface area contributed by atoms with Gasteiger partial charge >= 0.3 is 0 Å². The fourth-order valence-corrected chi connectivity index (χ4v) is 26.1. The molecular weight excluding hydrogens is 2210 g/mol. The molecule has 3 aliphatic rings. The number of aromatic nitrogens is 6. The number of thiophene rings is 3. The van der Waals surface area contributed by atoms with E-state index in [9.17, 15) is 0 Å². The molecule has 3 aliphatic carbocycles. The summed E-state index contributed by atoms with van der Waals surface area (Å²) in [6.45, 7) is 27.9. The minimum Gasteiger partial charge on any atom is -0.304 e. The van der Waals surface area contributed by atoms with E-state index in [4.69, 9.17) is 15.0 Å². The van der Waals surface area contributed by atoms with Gasteiger partial charge in [0.05, 0.1) is 24.2 Å². The number of aryl methyl sites for hydroxylation is 3. The predicted molar refractivity (Wildman–Crippen MR) is 550 cm³/mol. The van der Waals surface area contributed by atoms with Crippen LogP contribution in [0.3, 0.4) is 0 Å². The first-order valence-corrected chi connectivity index (χ1v) is 58.3. The molecule has 663 valence electrons. The largest absolute Gasteiger partial charge is 0.304 e. The van der Waals surface area contributed by atoms with E-state index in [0.717, 1.165) is 67.5 Å². The normalized spacial score (nSPS) is 13.8. The molecule has 0 aliphatic heterocycles. The van der Waals surface area contributed by atoms with Crippen molar-refractivity contribution in [2.75, 3.05) is 0 Å². The Bertz CT molecular complexity index is 6360. The molecule has 0 atom stereocenters. The molecule has 0 N–H and O–H groups in total. The monoisotopic (exact) mass is 2330 g/mol. The molecule has 3 saturated carbocycles. The van der Waals surface area contributed by atoms with Gasteiger partial charge in [0.1, 0.15) is 0 Å². The maximum absolute atomic E-state index is 4.90. The Balaban J connectivity index is 0.000000136. The molecule has 0 amide bonds. The minimum absolute atomic E-state index is 0. The zero-order valence-electron chi connectivity index (χ0n) is 76.2. The van der Waals surface area contributed by atoms with E-state index < -0.39 is 24.2 Å². The first kappa shape index (κ1) is 97.7. The van der Waals surface area contributed by atoms with Gasteiger partial charge in [-0.05, 0) is 192 Å². The SMILES string of the molecule is C[Si](C)(C)c1ccc2c(c1)sc1c(-c3ccc(C4CCCCC4)cn3)[c-]ccc12.C[Si](C)(C)c1ccc2sc3c(-c4ccc(C5CCCCC5)cn4)[c-]ccc3c2c1.C[Si](C)(C)c1cccc2c1sc1c(-c3ccc(C4CCCCC4)cn3)[c-]ccc12.Cc1ccc(-c2[c-]cccc2)nc1.Cc1ccc(-c2[c-]cccc2)nc1.Cc1ccc(-c2[c-]cccc2)nc1.[Ir].[Ir].[Ir]. The molecule has 21 rings (SSSR count). The van der Waals surface area contributed by atoms with Crippen molar-refractivity contribution in [3.8, 4) is 67.5 Å². The fourth-order valence-electron chi connectivity index (χ4n) is 17.6. The number of nitrogens with zero attached hydrogens (tertiary/aromatic N) is 6. The first-order valence-electron chi connectivity index (χ1n) is 45.3. The Labute approximate surface area is 821 Å². The van der Waals surface area contributed by atoms with Gasteiger partial charge in [0.15, 0.2) is 0 Å². The van der Waals surface area contributed by atoms with Gasteiger partial charge in [0.2, 0.25) is 0 Å².